The van der Waals surface area contributed by atoms with E-state index in [1.807, 2.05) is 13.0 Å². The van der Waals surface area contributed by atoms with Crippen LogP contribution in [0, 0.1) is 11.8 Å². The van der Waals surface area contributed by atoms with Gasteiger partial charge in [-0.2, -0.15) is 0 Å². The van der Waals surface area contributed by atoms with E-state index in [2.05, 4.69) is 26.0 Å². The Morgan fingerprint density at radius 1 is 1.31 bits per heavy atom. The minimum absolute atomic E-state index is 0.0916. The van der Waals surface area contributed by atoms with E-state index < -0.39 is 0 Å². The van der Waals surface area contributed by atoms with Crippen LogP contribution in [0.4, 0.5) is 0 Å². The predicted octanol–water partition coefficient (Wildman–Crippen LogP) is 2.83. The molecule has 0 atom stereocenters. The number of benzene rings is 1. The second kappa shape index (κ2) is 5.90. The zero-order chi connectivity index (χ0) is 12.1. The molecule has 1 N–H and O–H groups in total. The van der Waals surface area contributed by atoms with E-state index in [1.54, 1.807) is 7.11 Å². The van der Waals surface area contributed by atoms with Crippen molar-refractivity contribution in [2.45, 2.75) is 27.2 Å². The van der Waals surface area contributed by atoms with Gasteiger partial charge in [-0.3, -0.25) is 0 Å². The maximum absolute atomic E-state index is 9.15. The van der Waals surface area contributed by atoms with Gasteiger partial charge in [0.05, 0.1) is 13.7 Å². The van der Waals surface area contributed by atoms with Crippen LogP contribution in [0.5, 0.6) is 5.75 Å². The third kappa shape index (κ3) is 3.53. The van der Waals surface area contributed by atoms with E-state index in [4.69, 9.17) is 9.84 Å². The molecule has 1 rings (SSSR count). The van der Waals surface area contributed by atoms with Gasteiger partial charge < -0.3 is 9.84 Å². The van der Waals surface area contributed by atoms with Crippen LogP contribution in [0.15, 0.2) is 18.2 Å². The van der Waals surface area contributed by atoms with Crippen LogP contribution in [-0.4, -0.2) is 18.8 Å². The zero-order valence-electron chi connectivity index (χ0n) is 10.6. The Labute approximate surface area is 98.3 Å². The first-order valence-corrected chi connectivity index (χ1v) is 5.68. The summed E-state index contributed by atoms with van der Waals surface area (Å²) in [5.74, 6) is 2.46. The zero-order valence-corrected chi connectivity index (χ0v) is 10.6. The third-order valence-corrected chi connectivity index (χ3v) is 2.58. The molecule has 2 heteroatoms. The van der Waals surface area contributed by atoms with Crippen molar-refractivity contribution in [1.29, 1.82) is 0 Å². The maximum atomic E-state index is 9.15. The highest BCUT2D eigenvalue weighted by Gasteiger charge is 2.09. The van der Waals surface area contributed by atoms with Crippen molar-refractivity contribution in [2.75, 3.05) is 13.7 Å². The van der Waals surface area contributed by atoms with Crippen molar-refractivity contribution in [3.8, 4) is 5.75 Å². The Morgan fingerprint density at radius 3 is 2.50 bits per heavy atom. The summed E-state index contributed by atoms with van der Waals surface area (Å²) in [6.45, 7) is 6.42. The molecule has 0 aliphatic rings. The van der Waals surface area contributed by atoms with Crippen LogP contribution >= 0.6 is 0 Å². The summed E-state index contributed by atoms with van der Waals surface area (Å²) in [4.78, 5) is 0. The lowest BCUT2D eigenvalue weighted by molar-refractivity contribution is 0.314. The topological polar surface area (TPSA) is 29.5 Å². The summed E-state index contributed by atoms with van der Waals surface area (Å²) in [6, 6.07) is 6.16. The van der Waals surface area contributed by atoms with Crippen LogP contribution < -0.4 is 4.74 Å². The molecule has 2 nitrogen and oxygen atoms in total. The fraction of sp³-hybridized carbons (Fsp3) is 0.500. The number of hydrogen-bond acceptors (Lipinski definition) is 2. The van der Waals surface area contributed by atoms with Crippen molar-refractivity contribution in [3.05, 3.63) is 35.2 Å². The fourth-order valence-electron chi connectivity index (χ4n) is 1.71. The molecule has 89 valence electrons. The van der Waals surface area contributed by atoms with Gasteiger partial charge in [0.2, 0.25) is 0 Å². The first-order valence-electron chi connectivity index (χ1n) is 5.68. The van der Waals surface area contributed by atoms with Crippen LogP contribution in [0.3, 0.4) is 0 Å². The molecule has 16 heavy (non-hydrogen) atoms. The molecule has 1 aromatic carbocycles. The smallest absolute Gasteiger partial charge is 0.119 e. The fourth-order valence-corrected chi connectivity index (χ4v) is 1.71. The summed E-state index contributed by atoms with van der Waals surface area (Å²) in [6.07, 6.45) is 1.03. The van der Waals surface area contributed by atoms with Crippen molar-refractivity contribution < 1.29 is 9.84 Å². The number of ether oxygens (including phenoxy) is 1. The highest BCUT2D eigenvalue weighted by Crippen LogP contribution is 2.24. The monoisotopic (exact) mass is 221 g/mol. The molecule has 0 fully saturated rings. The lowest BCUT2D eigenvalue weighted by atomic mass is 9.95. The number of methoxy groups -OCH3 is 1. The molecule has 0 heterocycles. The molecule has 1 radical (unpaired) electrons. The molecule has 0 bridgehead atoms. The van der Waals surface area contributed by atoms with E-state index in [1.165, 1.54) is 5.56 Å². The largest absolute Gasteiger partial charge is 0.497 e. The van der Waals surface area contributed by atoms with Gasteiger partial charge in [-0.05, 0) is 35.6 Å². The minimum atomic E-state index is 0.0916. The van der Waals surface area contributed by atoms with Gasteiger partial charge in [-0.1, -0.05) is 26.8 Å². The second-order valence-electron chi connectivity index (χ2n) is 4.61. The normalized spacial score (nSPS) is 11.2. The van der Waals surface area contributed by atoms with Crippen LogP contribution in [0.1, 0.15) is 31.9 Å². The standard InChI is InChI=1S/C14H21O2/c1-10(2)5-12-6-13(11(3)9-15)8-14(7-12)16-4/h6-8,10,15H,5,9H2,1-4H3. The Bertz CT molecular complexity index is 332. The average Bonchev–Trinajstić information content (AvgIpc) is 2.26. The van der Waals surface area contributed by atoms with Crippen molar-refractivity contribution >= 4 is 0 Å². The maximum Gasteiger partial charge on any atom is 0.119 e. The van der Waals surface area contributed by atoms with Crippen LogP contribution in [0.2, 0.25) is 0 Å². The Kier molecular flexibility index (Phi) is 4.81. The molecule has 0 aliphatic heterocycles. The molecule has 0 aliphatic carbocycles. The molecule has 0 aromatic heterocycles. The van der Waals surface area contributed by atoms with Crippen molar-refractivity contribution in [1.82, 2.24) is 0 Å². The number of rotatable bonds is 5. The van der Waals surface area contributed by atoms with E-state index in [0.717, 1.165) is 23.7 Å². The predicted molar refractivity (Wildman–Crippen MR) is 66.6 cm³/mol. The molecule has 0 saturated heterocycles. The van der Waals surface area contributed by atoms with Gasteiger partial charge in [0.25, 0.3) is 0 Å². The Hall–Kier alpha value is -1.02. The first kappa shape index (κ1) is 13.0. The van der Waals surface area contributed by atoms with E-state index in [-0.39, 0.29) is 6.61 Å². The molecule has 0 amide bonds. The quantitative estimate of drug-likeness (QED) is 0.828. The lowest BCUT2D eigenvalue weighted by Gasteiger charge is -2.13. The minimum Gasteiger partial charge on any atom is -0.497 e. The SMILES string of the molecule is COc1cc(CC(C)C)cc([C](C)CO)c1. The van der Waals surface area contributed by atoms with E-state index in [9.17, 15) is 0 Å². The summed E-state index contributed by atoms with van der Waals surface area (Å²) >= 11 is 0. The van der Waals surface area contributed by atoms with Gasteiger partial charge in [0.1, 0.15) is 5.75 Å². The molecule has 1 aromatic rings. The summed E-state index contributed by atoms with van der Waals surface area (Å²) in [5.41, 5.74) is 2.33. The van der Waals surface area contributed by atoms with Crippen molar-refractivity contribution in [2.24, 2.45) is 5.92 Å². The molecule has 0 saturated carbocycles. The Balaban J connectivity index is 3.00. The van der Waals surface area contributed by atoms with Gasteiger partial charge in [0.15, 0.2) is 0 Å². The molecule has 0 spiro atoms. The summed E-state index contributed by atoms with van der Waals surface area (Å²) in [7, 11) is 1.67. The highest BCUT2D eigenvalue weighted by atomic mass is 16.5. The molecular formula is C14H21O2. The first-order chi connectivity index (χ1) is 7.56. The average molecular weight is 221 g/mol. The summed E-state index contributed by atoms with van der Waals surface area (Å²) in [5, 5.41) is 9.15. The van der Waals surface area contributed by atoms with Crippen LogP contribution in [-0.2, 0) is 6.42 Å². The van der Waals surface area contributed by atoms with Gasteiger partial charge in [-0.25, -0.2) is 0 Å². The van der Waals surface area contributed by atoms with E-state index >= 15 is 0 Å². The lowest BCUT2D eigenvalue weighted by Crippen LogP contribution is -2.03. The number of aliphatic hydroxyl groups excluding tert-OH is 1. The van der Waals surface area contributed by atoms with E-state index in [0.29, 0.717) is 5.92 Å². The van der Waals surface area contributed by atoms with Crippen LogP contribution in [0.25, 0.3) is 0 Å². The number of aliphatic hydroxyl groups is 1. The molecular weight excluding hydrogens is 200 g/mol. The Morgan fingerprint density at radius 2 is 2.00 bits per heavy atom. The van der Waals surface area contributed by atoms with Gasteiger partial charge >= 0.3 is 0 Å². The summed E-state index contributed by atoms with van der Waals surface area (Å²) < 4.78 is 5.28. The van der Waals surface area contributed by atoms with Crippen molar-refractivity contribution in [3.63, 3.8) is 0 Å². The second-order valence-corrected chi connectivity index (χ2v) is 4.61. The third-order valence-electron chi connectivity index (χ3n) is 2.58. The number of hydrogen-bond donors (Lipinski definition) is 1. The van der Waals surface area contributed by atoms with Gasteiger partial charge in [0, 0.05) is 5.92 Å². The molecule has 0 unspecified atom stereocenters. The highest BCUT2D eigenvalue weighted by molar-refractivity contribution is 5.41. The van der Waals surface area contributed by atoms with Gasteiger partial charge in [-0.15, -0.1) is 0 Å².